The van der Waals surface area contributed by atoms with Crippen LogP contribution in [-0.4, -0.2) is 86.7 Å². The van der Waals surface area contributed by atoms with E-state index in [-0.39, 0.29) is 24.1 Å². The molecule has 13 nitrogen and oxygen atoms in total. The third-order valence-electron chi connectivity index (χ3n) is 6.94. The Morgan fingerprint density at radius 3 is 2.71 bits per heavy atom. The van der Waals surface area contributed by atoms with Gasteiger partial charge >= 0.3 is 12.6 Å². The topological polar surface area (TPSA) is 159 Å². The number of nitrogens with one attached hydrogen (secondary N) is 1. The van der Waals surface area contributed by atoms with Crippen LogP contribution in [0.3, 0.4) is 0 Å². The molecule has 1 aliphatic carbocycles. The minimum atomic E-state index is -3.64. The lowest BCUT2D eigenvalue weighted by atomic mass is 10.1. The Morgan fingerprint density at radius 1 is 1.39 bits per heavy atom. The molecular formula is C24H30ClFN7O6PS. The molecule has 222 valence electrons. The zero-order valence-electron chi connectivity index (χ0n) is 22.6. The van der Waals surface area contributed by atoms with Crippen LogP contribution >= 0.6 is 18.2 Å². The number of nitrogens with two attached hydrogens (primary N) is 1. The maximum atomic E-state index is 16.2. The zero-order valence-corrected chi connectivity index (χ0v) is 25.1. The van der Waals surface area contributed by atoms with Gasteiger partial charge in [-0.2, -0.15) is 9.97 Å². The van der Waals surface area contributed by atoms with E-state index in [1.807, 2.05) is 0 Å². The van der Waals surface area contributed by atoms with Crippen LogP contribution in [0.4, 0.5) is 16.2 Å². The van der Waals surface area contributed by atoms with Gasteiger partial charge in [-0.05, 0) is 37.8 Å². The van der Waals surface area contributed by atoms with Gasteiger partial charge in [0.2, 0.25) is 5.95 Å². The van der Waals surface area contributed by atoms with Gasteiger partial charge < -0.3 is 29.7 Å². The Hall–Kier alpha value is -2.65. The van der Waals surface area contributed by atoms with Gasteiger partial charge in [0.05, 0.1) is 18.8 Å². The molecule has 7 atom stereocenters. The summed E-state index contributed by atoms with van der Waals surface area (Å²) in [7, 11) is 3.51. The summed E-state index contributed by atoms with van der Waals surface area (Å²) in [6.45, 7) is -0.284. The van der Waals surface area contributed by atoms with Gasteiger partial charge in [-0.25, -0.2) is 14.5 Å². The Labute approximate surface area is 245 Å². The van der Waals surface area contributed by atoms with Crippen LogP contribution in [0.2, 0.25) is 0 Å². The molecule has 2 fully saturated rings. The summed E-state index contributed by atoms with van der Waals surface area (Å²) < 4.78 is 40.8. The average Bonchev–Trinajstić information content (AvgIpc) is 3.17. The van der Waals surface area contributed by atoms with Gasteiger partial charge in [0.25, 0.3) is 0 Å². The van der Waals surface area contributed by atoms with Crippen molar-refractivity contribution in [1.82, 2.24) is 24.6 Å². The van der Waals surface area contributed by atoms with Crippen molar-refractivity contribution >= 4 is 58.9 Å². The number of aliphatic hydroxyl groups is 1. The summed E-state index contributed by atoms with van der Waals surface area (Å²) in [6.07, 6.45) is -3.42. The van der Waals surface area contributed by atoms with E-state index < -0.39 is 48.4 Å². The van der Waals surface area contributed by atoms with E-state index in [4.69, 9.17) is 47.7 Å². The molecule has 3 heterocycles. The normalized spacial score (nSPS) is 29.0. The van der Waals surface area contributed by atoms with Gasteiger partial charge in [-0.15, -0.1) is 11.6 Å². The van der Waals surface area contributed by atoms with E-state index in [2.05, 4.69) is 20.0 Å². The minimum Gasteiger partial charge on any atom is -0.465 e. The highest BCUT2D eigenvalue weighted by molar-refractivity contribution is 8.09. The minimum absolute atomic E-state index is 0.0472. The predicted octanol–water partition coefficient (Wildman–Crippen LogP) is 2.29. The smallest absolute Gasteiger partial charge is 0.323 e. The number of anilines is 2. The highest BCUT2D eigenvalue weighted by atomic mass is 35.5. The predicted molar refractivity (Wildman–Crippen MR) is 153 cm³/mol. The van der Waals surface area contributed by atoms with E-state index >= 15 is 4.39 Å². The molecule has 0 amide bonds. The summed E-state index contributed by atoms with van der Waals surface area (Å²) in [6, 6.07) is 7.58. The number of hydrogen-bond donors (Lipinski definition) is 3. The van der Waals surface area contributed by atoms with Crippen molar-refractivity contribution in [2.24, 2.45) is 0 Å². The molecule has 1 aliphatic heterocycles. The molecule has 5 rings (SSSR count). The molecule has 3 aromatic rings. The first kappa shape index (κ1) is 29.8. The largest absolute Gasteiger partial charge is 0.465 e. The van der Waals surface area contributed by atoms with Crippen LogP contribution in [0, 0.1) is 0 Å². The van der Waals surface area contributed by atoms with Gasteiger partial charge in [0.15, 0.2) is 35.0 Å². The van der Waals surface area contributed by atoms with E-state index in [1.165, 1.54) is 17.8 Å². The lowest BCUT2D eigenvalue weighted by molar-refractivity contribution is -0.144. The highest BCUT2D eigenvalue weighted by Crippen LogP contribution is 2.69. The fraction of sp³-hybridized carbons (Fsp3) is 0.500. The number of nitrogens with zero attached hydrogens (tertiary/aromatic N) is 5. The molecule has 0 radical (unpaired) electrons. The molecule has 0 bridgehead atoms. The number of fused-ring (bicyclic) bond motifs is 2. The number of hydrogen-bond acceptors (Lipinski definition) is 12. The fourth-order valence-electron chi connectivity index (χ4n) is 4.89. The number of carbonyl (C=O) groups is 1. The Kier molecular flexibility index (Phi) is 7.92. The van der Waals surface area contributed by atoms with Crippen LogP contribution in [0.1, 0.15) is 20.1 Å². The molecule has 1 aromatic carbocycles. The van der Waals surface area contributed by atoms with Crippen molar-refractivity contribution in [3.05, 3.63) is 36.7 Å². The third kappa shape index (κ3) is 4.92. The second-order valence-corrected chi connectivity index (χ2v) is 13.2. The number of rotatable bonds is 11. The molecular weight excluding hydrogens is 600 g/mol. The van der Waals surface area contributed by atoms with Crippen molar-refractivity contribution < 1.29 is 32.8 Å². The maximum absolute atomic E-state index is 16.2. The SMILES string of the molecule is CCOC(=O)[C@H](C)NP(=S)(Oc1ccccc1)OC1[C@@]2(CCl)O[C@@H](n3cnc4c(N(C)C)nc(N)nc43)[C@H](F)[C@@]12O. The second-order valence-electron chi connectivity index (χ2n) is 9.87. The standard InChI is InChI=1S/C24H30ClFN7O6PS/c1-5-36-20(34)13(2)31-40(41,38-14-9-7-6-8-10-14)39-21-23(11-25)24(21,35)16(26)19(37-23)33-12-28-15-17(32(3)4)29-22(27)30-18(15)33/h6-10,12-13,16,19,21,35H,5,11H2,1-4H3,(H,31,41)(H2,27,29,30)/t13-,16-,19+,21?,23+,24+,40?/m0/s1. The zero-order chi connectivity index (χ0) is 29.7. The molecule has 41 heavy (non-hydrogen) atoms. The van der Waals surface area contributed by atoms with Crippen molar-refractivity contribution in [3.8, 4) is 5.75 Å². The number of benzene rings is 1. The third-order valence-corrected chi connectivity index (χ3v) is 9.78. The quantitative estimate of drug-likeness (QED) is 0.161. The van der Waals surface area contributed by atoms with Crippen LogP contribution in [0.5, 0.6) is 5.75 Å². The van der Waals surface area contributed by atoms with Crippen molar-refractivity contribution in [2.75, 3.05) is 37.2 Å². The first-order valence-corrected chi connectivity index (χ1v) is 15.8. The van der Waals surface area contributed by atoms with E-state index in [0.717, 1.165) is 0 Å². The summed E-state index contributed by atoms with van der Waals surface area (Å²) in [5.41, 5.74) is 2.56. The molecule has 0 spiro atoms. The summed E-state index contributed by atoms with van der Waals surface area (Å²) in [5, 5.41) is 14.5. The number of nitrogen functional groups attached to an aromatic ring is 1. The summed E-state index contributed by atoms with van der Waals surface area (Å²) in [5.74, 6) is -0.210. The second kappa shape index (κ2) is 10.9. The number of carbonyl (C=O) groups excluding carboxylic acids is 1. The van der Waals surface area contributed by atoms with Gasteiger partial charge in [-0.1, -0.05) is 18.2 Å². The first-order chi connectivity index (χ1) is 19.4. The van der Waals surface area contributed by atoms with E-state index in [9.17, 15) is 9.90 Å². The molecule has 1 saturated carbocycles. The average molecular weight is 630 g/mol. The van der Waals surface area contributed by atoms with Crippen LogP contribution < -0.4 is 20.2 Å². The van der Waals surface area contributed by atoms with Crippen molar-refractivity contribution in [1.29, 1.82) is 0 Å². The molecule has 17 heteroatoms. The molecule has 2 unspecified atom stereocenters. The van der Waals surface area contributed by atoms with Crippen molar-refractivity contribution in [2.45, 2.75) is 49.6 Å². The first-order valence-electron chi connectivity index (χ1n) is 12.7. The van der Waals surface area contributed by atoms with Gasteiger partial charge in [0, 0.05) is 14.1 Å². The highest BCUT2D eigenvalue weighted by Gasteiger charge is 2.89. The lowest BCUT2D eigenvalue weighted by Gasteiger charge is -2.29. The fourth-order valence-corrected chi connectivity index (χ4v) is 8.04. The number of aromatic nitrogens is 4. The van der Waals surface area contributed by atoms with E-state index in [0.29, 0.717) is 17.1 Å². The lowest BCUT2D eigenvalue weighted by Crippen LogP contribution is -2.38. The van der Waals surface area contributed by atoms with Crippen molar-refractivity contribution in [3.63, 3.8) is 0 Å². The van der Waals surface area contributed by atoms with Crippen LogP contribution in [0.25, 0.3) is 11.2 Å². The van der Waals surface area contributed by atoms with Crippen LogP contribution in [0.15, 0.2) is 36.7 Å². The van der Waals surface area contributed by atoms with Crippen LogP contribution in [-0.2, 0) is 30.6 Å². The Bertz CT molecular complexity index is 1500. The van der Waals surface area contributed by atoms with Gasteiger partial charge in [0.1, 0.15) is 23.5 Å². The molecule has 2 aliphatic rings. The number of ether oxygens (including phenoxy) is 2. The molecule has 2 aromatic heterocycles. The summed E-state index contributed by atoms with van der Waals surface area (Å²) >= 11 is 12.0. The monoisotopic (exact) mass is 629 g/mol. The number of halogens is 2. The van der Waals surface area contributed by atoms with E-state index in [1.54, 1.807) is 56.3 Å². The Balaban J connectivity index is 1.45. The number of alkyl halides is 2. The number of imidazole rings is 1. The summed E-state index contributed by atoms with van der Waals surface area (Å²) in [4.78, 5) is 26.8. The number of esters is 1. The Morgan fingerprint density at radius 2 is 2.10 bits per heavy atom. The molecule has 1 saturated heterocycles. The number of para-hydroxylation sites is 1. The van der Waals surface area contributed by atoms with Gasteiger partial charge in [-0.3, -0.25) is 13.9 Å². The molecule has 4 N–H and O–H groups in total. The maximum Gasteiger partial charge on any atom is 0.323 e.